The normalized spacial score (nSPS) is 17.1. The Kier molecular flexibility index (Phi) is 6.01. The lowest BCUT2D eigenvalue weighted by Crippen LogP contribution is -2.35. The summed E-state index contributed by atoms with van der Waals surface area (Å²) in [5, 5.41) is 3.97. The lowest BCUT2D eigenvalue weighted by Gasteiger charge is -2.25. The molecule has 0 atom stereocenters. The van der Waals surface area contributed by atoms with E-state index in [1.165, 1.54) is 22.7 Å². The van der Waals surface area contributed by atoms with Crippen molar-refractivity contribution in [2.45, 2.75) is 24.2 Å². The Bertz CT molecular complexity index is 1060. The molecule has 8 nitrogen and oxygen atoms in total. The van der Waals surface area contributed by atoms with E-state index in [4.69, 9.17) is 9.47 Å². The summed E-state index contributed by atoms with van der Waals surface area (Å²) in [5.41, 5.74) is 3.40. The number of hydrazone groups is 1. The van der Waals surface area contributed by atoms with Gasteiger partial charge in [0.25, 0.3) is 5.91 Å². The number of rotatable bonds is 5. The van der Waals surface area contributed by atoms with Crippen molar-refractivity contribution in [3.05, 3.63) is 53.6 Å². The van der Waals surface area contributed by atoms with Crippen molar-refractivity contribution in [3.8, 4) is 11.5 Å². The zero-order valence-corrected chi connectivity index (χ0v) is 17.2. The number of benzene rings is 2. The third-order valence-corrected chi connectivity index (χ3v) is 6.89. The second-order valence-electron chi connectivity index (χ2n) is 7.09. The van der Waals surface area contributed by atoms with Gasteiger partial charge in [0.05, 0.1) is 11.1 Å². The molecule has 1 saturated heterocycles. The molecule has 0 aliphatic carbocycles. The van der Waals surface area contributed by atoms with Crippen LogP contribution in [0.15, 0.2) is 52.5 Å². The number of amides is 1. The number of fused-ring (bicyclic) bond motifs is 1. The van der Waals surface area contributed by atoms with Crippen molar-refractivity contribution in [1.82, 2.24) is 9.73 Å². The van der Waals surface area contributed by atoms with Crippen molar-refractivity contribution in [1.29, 1.82) is 0 Å². The van der Waals surface area contributed by atoms with Crippen LogP contribution in [0, 0.1) is 0 Å². The molecule has 2 heterocycles. The third kappa shape index (κ3) is 4.47. The molecule has 0 spiro atoms. The van der Waals surface area contributed by atoms with Gasteiger partial charge < -0.3 is 9.47 Å². The van der Waals surface area contributed by atoms with E-state index in [0.29, 0.717) is 37.8 Å². The van der Waals surface area contributed by atoms with E-state index >= 15 is 0 Å². The minimum Gasteiger partial charge on any atom is -0.486 e. The topological polar surface area (TPSA) is 97.3 Å². The SMILES string of the molecule is O=C(NN=Cc1ccc2c(c1)OCCO2)c1cccc(S(=O)(=O)N2CCCCC2)c1. The number of hydrogen-bond donors (Lipinski definition) is 1. The Morgan fingerprint density at radius 1 is 1.00 bits per heavy atom. The highest BCUT2D eigenvalue weighted by Gasteiger charge is 2.26. The first-order chi connectivity index (χ1) is 14.5. The molecule has 2 aliphatic rings. The average Bonchev–Trinajstić information content (AvgIpc) is 2.79. The summed E-state index contributed by atoms with van der Waals surface area (Å²) in [4.78, 5) is 12.6. The molecule has 9 heteroatoms. The summed E-state index contributed by atoms with van der Waals surface area (Å²) < 4.78 is 38.1. The highest BCUT2D eigenvalue weighted by atomic mass is 32.2. The van der Waals surface area contributed by atoms with Gasteiger partial charge in [-0.25, -0.2) is 13.8 Å². The number of ether oxygens (including phenoxy) is 2. The molecule has 1 N–H and O–H groups in total. The van der Waals surface area contributed by atoms with Gasteiger partial charge >= 0.3 is 0 Å². The fourth-order valence-corrected chi connectivity index (χ4v) is 4.99. The van der Waals surface area contributed by atoms with E-state index in [9.17, 15) is 13.2 Å². The largest absolute Gasteiger partial charge is 0.486 e. The summed E-state index contributed by atoms with van der Waals surface area (Å²) in [6.45, 7) is 2.03. The number of hydrogen-bond acceptors (Lipinski definition) is 6. The molecule has 0 aromatic heterocycles. The number of carbonyl (C=O) groups is 1. The lowest BCUT2D eigenvalue weighted by molar-refractivity contribution is 0.0955. The molecule has 2 aliphatic heterocycles. The molecular formula is C21H23N3O5S. The summed E-state index contributed by atoms with van der Waals surface area (Å²) in [6.07, 6.45) is 4.24. The number of sulfonamides is 1. The zero-order chi connectivity index (χ0) is 21.0. The molecule has 0 saturated carbocycles. The molecule has 2 aromatic carbocycles. The molecule has 1 fully saturated rings. The first-order valence-corrected chi connectivity index (χ1v) is 11.3. The van der Waals surface area contributed by atoms with E-state index < -0.39 is 15.9 Å². The molecule has 1 amide bonds. The summed E-state index contributed by atoms with van der Waals surface area (Å²) >= 11 is 0. The predicted octanol–water partition coefficient (Wildman–Crippen LogP) is 2.40. The average molecular weight is 429 g/mol. The molecule has 0 bridgehead atoms. The van der Waals surface area contributed by atoms with Gasteiger partial charge in [0.1, 0.15) is 13.2 Å². The Labute approximate surface area is 175 Å². The van der Waals surface area contributed by atoms with Crippen LogP contribution in [0.25, 0.3) is 0 Å². The van der Waals surface area contributed by atoms with Crippen LogP contribution in [0.5, 0.6) is 11.5 Å². The van der Waals surface area contributed by atoms with Gasteiger partial charge in [-0.05, 0) is 54.8 Å². The summed E-state index contributed by atoms with van der Waals surface area (Å²) in [6, 6.07) is 11.4. The van der Waals surface area contributed by atoms with Gasteiger partial charge in [-0.1, -0.05) is 12.5 Å². The van der Waals surface area contributed by atoms with Crippen LogP contribution in [0.1, 0.15) is 35.2 Å². The quantitative estimate of drug-likeness (QED) is 0.581. The van der Waals surface area contributed by atoms with E-state index in [1.807, 2.05) is 0 Å². The van der Waals surface area contributed by atoms with Gasteiger partial charge in [-0.3, -0.25) is 4.79 Å². The van der Waals surface area contributed by atoms with Crippen molar-refractivity contribution >= 4 is 22.1 Å². The van der Waals surface area contributed by atoms with Gasteiger partial charge in [-0.2, -0.15) is 9.41 Å². The van der Waals surface area contributed by atoms with Crippen LogP contribution in [0.4, 0.5) is 0 Å². The Hall–Kier alpha value is -2.91. The van der Waals surface area contributed by atoms with Crippen LogP contribution in [-0.4, -0.2) is 51.1 Å². The van der Waals surface area contributed by atoms with Crippen molar-refractivity contribution in [3.63, 3.8) is 0 Å². The van der Waals surface area contributed by atoms with Crippen molar-refractivity contribution in [2.75, 3.05) is 26.3 Å². The fraction of sp³-hybridized carbons (Fsp3) is 0.333. The first kappa shape index (κ1) is 20.4. The second kappa shape index (κ2) is 8.85. The molecule has 4 rings (SSSR count). The molecule has 0 radical (unpaired) electrons. The summed E-state index contributed by atoms with van der Waals surface area (Å²) in [7, 11) is -3.60. The Morgan fingerprint density at radius 3 is 2.57 bits per heavy atom. The fourth-order valence-electron chi connectivity index (χ4n) is 3.42. The second-order valence-corrected chi connectivity index (χ2v) is 9.03. The van der Waals surface area contributed by atoms with Crippen LogP contribution >= 0.6 is 0 Å². The van der Waals surface area contributed by atoms with Crippen LogP contribution in [0.2, 0.25) is 0 Å². The maximum Gasteiger partial charge on any atom is 0.271 e. The van der Waals surface area contributed by atoms with Gasteiger partial charge in [0.15, 0.2) is 11.5 Å². The predicted molar refractivity (Wildman–Crippen MR) is 112 cm³/mol. The number of piperidine rings is 1. The Morgan fingerprint density at radius 2 is 1.77 bits per heavy atom. The maximum absolute atomic E-state index is 12.8. The summed E-state index contributed by atoms with van der Waals surface area (Å²) in [5.74, 6) is 0.820. The van der Waals surface area contributed by atoms with Crippen LogP contribution in [0.3, 0.4) is 0 Å². The maximum atomic E-state index is 12.8. The van der Waals surface area contributed by atoms with E-state index in [1.54, 1.807) is 30.3 Å². The van der Waals surface area contributed by atoms with Crippen molar-refractivity contribution < 1.29 is 22.7 Å². The number of nitrogens with one attached hydrogen (secondary N) is 1. The van der Waals surface area contributed by atoms with E-state index in [0.717, 1.165) is 24.8 Å². The smallest absolute Gasteiger partial charge is 0.271 e. The number of carbonyl (C=O) groups excluding carboxylic acids is 1. The zero-order valence-electron chi connectivity index (χ0n) is 16.4. The minimum atomic E-state index is -3.60. The van der Waals surface area contributed by atoms with Crippen LogP contribution < -0.4 is 14.9 Å². The van der Waals surface area contributed by atoms with Crippen LogP contribution in [-0.2, 0) is 10.0 Å². The van der Waals surface area contributed by atoms with E-state index in [2.05, 4.69) is 10.5 Å². The van der Waals surface area contributed by atoms with E-state index in [-0.39, 0.29) is 10.5 Å². The number of nitrogens with zero attached hydrogens (tertiary/aromatic N) is 2. The van der Waals surface area contributed by atoms with Gasteiger partial charge in [0.2, 0.25) is 10.0 Å². The molecular weight excluding hydrogens is 406 g/mol. The first-order valence-electron chi connectivity index (χ1n) is 9.87. The molecule has 2 aromatic rings. The Balaban J connectivity index is 1.44. The molecule has 0 unspecified atom stereocenters. The molecule has 30 heavy (non-hydrogen) atoms. The minimum absolute atomic E-state index is 0.118. The third-order valence-electron chi connectivity index (χ3n) is 4.99. The monoisotopic (exact) mass is 429 g/mol. The standard InChI is InChI=1S/C21H23N3O5S/c25-21(23-22-15-16-7-8-19-20(13-16)29-12-11-28-19)17-5-4-6-18(14-17)30(26,27)24-9-2-1-3-10-24/h4-8,13-15H,1-3,9-12H2,(H,23,25). The lowest BCUT2D eigenvalue weighted by atomic mass is 10.2. The van der Waals surface area contributed by atoms with Gasteiger partial charge in [0, 0.05) is 18.7 Å². The van der Waals surface area contributed by atoms with Crippen molar-refractivity contribution in [2.24, 2.45) is 5.10 Å². The highest BCUT2D eigenvalue weighted by molar-refractivity contribution is 7.89. The molecule has 158 valence electrons. The highest BCUT2D eigenvalue weighted by Crippen LogP contribution is 2.30. The van der Waals surface area contributed by atoms with Gasteiger partial charge in [-0.15, -0.1) is 0 Å².